The molecule has 2 aromatic heterocycles. The number of aliphatic carboxylic acids is 1. The van der Waals surface area contributed by atoms with Crippen LogP contribution in [0.5, 0.6) is 0 Å². The first-order valence-electron chi connectivity index (χ1n) is 9.39. The first kappa shape index (κ1) is 25.6. The number of carboxylic acid groups (broad SMARTS) is 1. The van der Waals surface area contributed by atoms with Crippen LogP contribution in [0.3, 0.4) is 0 Å². The van der Waals surface area contributed by atoms with Crippen molar-refractivity contribution in [2.24, 2.45) is 5.41 Å². The summed E-state index contributed by atoms with van der Waals surface area (Å²) < 4.78 is 52.6. The number of rotatable bonds is 7. The predicted octanol–water partition coefficient (Wildman–Crippen LogP) is 2.64. The highest BCUT2D eigenvalue weighted by Crippen LogP contribution is 2.47. The van der Waals surface area contributed by atoms with E-state index in [1.807, 2.05) is 0 Å². The van der Waals surface area contributed by atoms with Gasteiger partial charge >= 0.3 is 12.1 Å². The summed E-state index contributed by atoms with van der Waals surface area (Å²) in [5.41, 5.74) is -1.44. The number of halogens is 3. The van der Waals surface area contributed by atoms with Crippen LogP contribution in [0.25, 0.3) is 0 Å². The number of thiophene rings is 1. The van der Waals surface area contributed by atoms with Gasteiger partial charge in [0.05, 0.1) is 0 Å². The average Bonchev–Trinajstić information content (AvgIpc) is 3.47. The largest absolute Gasteiger partial charge is 0.587 e. The maximum atomic E-state index is 13.0. The van der Waals surface area contributed by atoms with Gasteiger partial charge in [0.25, 0.3) is 11.8 Å². The second-order valence-corrected chi connectivity index (χ2v) is 13.2. The molecular formula is C17H15F3N4O5S5. The minimum absolute atomic E-state index is 0.0259. The lowest BCUT2D eigenvalue weighted by molar-refractivity contribution is -0.161. The number of aromatic nitrogens is 2. The number of hydrogen-bond acceptors (Lipinski definition) is 10. The summed E-state index contributed by atoms with van der Waals surface area (Å²) in [5.74, 6) is -2.35. The van der Waals surface area contributed by atoms with E-state index >= 15 is 0 Å². The number of nitrogens with zero attached hydrogens (tertiary/aromatic N) is 4. The Bertz CT molecular complexity index is 1100. The number of amides is 2. The molecule has 0 aromatic carbocycles. The Morgan fingerprint density at radius 3 is 2.74 bits per heavy atom. The fourth-order valence-corrected chi connectivity index (χ4v) is 9.34. The molecule has 2 aromatic rings. The van der Waals surface area contributed by atoms with Crippen molar-refractivity contribution in [2.75, 3.05) is 18.1 Å². The van der Waals surface area contributed by atoms with Crippen LogP contribution in [0.1, 0.15) is 11.9 Å². The minimum Gasteiger partial charge on any atom is -0.587 e. The lowest BCUT2D eigenvalue weighted by atomic mass is 9.89. The highest BCUT2D eigenvalue weighted by Gasteiger charge is 2.62. The number of β-lactam (4-membered cyclic amide) rings is 1. The molecule has 0 spiro atoms. The van der Waals surface area contributed by atoms with Crippen molar-refractivity contribution < 1.29 is 37.2 Å². The first-order chi connectivity index (χ1) is 15.9. The van der Waals surface area contributed by atoms with Gasteiger partial charge in [-0.3, -0.25) is 14.4 Å². The van der Waals surface area contributed by atoms with Crippen LogP contribution in [0, 0.1) is 5.41 Å². The van der Waals surface area contributed by atoms with Crippen molar-refractivity contribution in [1.29, 1.82) is 0 Å². The van der Waals surface area contributed by atoms with E-state index in [0.717, 1.165) is 27.8 Å². The standard InChI is InChI=1S/C17H15F3N4O5S5/c1-8(25)24(34(29)9-3-2-4-30-9)10-11(26)23-5-16(14(27)28,6-31-12(10)23)7-32-15-22-21-13(33-15)17(18,19)20/h2-4,10,12H,5-7H2,1H3,(H,27,28)/t10?,12-,16?,34?/m1/s1. The smallest absolute Gasteiger partial charge is 0.445 e. The summed E-state index contributed by atoms with van der Waals surface area (Å²) in [6.45, 7) is 1.02. The highest BCUT2D eigenvalue weighted by atomic mass is 32.2. The minimum atomic E-state index is -4.64. The first-order valence-corrected chi connectivity index (χ1v) is 14.2. The number of hydrogen-bond donors (Lipinski definition) is 1. The molecule has 9 nitrogen and oxygen atoms in total. The maximum Gasteiger partial charge on any atom is 0.445 e. The highest BCUT2D eigenvalue weighted by molar-refractivity contribution is 8.01. The van der Waals surface area contributed by atoms with Gasteiger partial charge in [-0.1, -0.05) is 34.4 Å². The van der Waals surface area contributed by atoms with Gasteiger partial charge in [0, 0.05) is 31.0 Å². The SMILES string of the molecule is CC(=O)N(C1C(=O)N2CC(CSc3nnc(C(F)(F)F)s3)(C(=O)O)CS[C@H]12)[S+]([O-])c1cccs1. The monoisotopic (exact) mass is 572 g/mol. The third-order valence-corrected chi connectivity index (χ3v) is 11.8. The van der Waals surface area contributed by atoms with E-state index in [4.69, 9.17) is 0 Å². The lowest BCUT2D eigenvalue weighted by Gasteiger charge is -2.54. The van der Waals surface area contributed by atoms with Crippen LogP contribution in [-0.2, 0) is 31.9 Å². The molecule has 184 valence electrons. The summed E-state index contributed by atoms with van der Waals surface area (Å²) in [4.78, 5) is 38.7. The average molecular weight is 573 g/mol. The summed E-state index contributed by atoms with van der Waals surface area (Å²) in [6, 6.07) is 2.27. The van der Waals surface area contributed by atoms with Gasteiger partial charge in [-0.15, -0.1) is 26.3 Å². The van der Waals surface area contributed by atoms with Gasteiger partial charge in [0.2, 0.25) is 9.22 Å². The molecule has 1 N–H and O–H groups in total. The molecule has 2 saturated heterocycles. The molecule has 0 bridgehead atoms. The summed E-state index contributed by atoms with van der Waals surface area (Å²) in [7, 11) is 0. The Hall–Kier alpha value is -1.53. The lowest BCUT2D eigenvalue weighted by Crippen LogP contribution is -2.74. The third-order valence-electron chi connectivity index (χ3n) is 5.10. The van der Waals surface area contributed by atoms with Gasteiger partial charge < -0.3 is 14.6 Å². The molecule has 0 saturated carbocycles. The Morgan fingerprint density at radius 1 is 1.44 bits per heavy atom. The van der Waals surface area contributed by atoms with Crippen molar-refractivity contribution in [3.8, 4) is 0 Å². The molecule has 3 unspecified atom stereocenters. The van der Waals surface area contributed by atoms with E-state index in [0.29, 0.717) is 15.5 Å². The van der Waals surface area contributed by atoms with E-state index in [2.05, 4.69) is 10.2 Å². The molecule has 17 heteroatoms. The summed E-state index contributed by atoms with van der Waals surface area (Å²) >= 11 is 1.60. The molecule has 34 heavy (non-hydrogen) atoms. The summed E-state index contributed by atoms with van der Waals surface area (Å²) in [5, 5.41) is 16.5. The van der Waals surface area contributed by atoms with Crippen molar-refractivity contribution in [3.63, 3.8) is 0 Å². The Kier molecular flexibility index (Phi) is 7.14. The van der Waals surface area contributed by atoms with Gasteiger partial charge in [-0.25, -0.2) is 0 Å². The molecule has 4 heterocycles. The zero-order valence-corrected chi connectivity index (χ0v) is 21.1. The van der Waals surface area contributed by atoms with Gasteiger partial charge in [0.1, 0.15) is 22.2 Å². The van der Waals surface area contributed by atoms with Gasteiger partial charge in [0.15, 0.2) is 10.4 Å². The molecule has 2 fully saturated rings. The second kappa shape index (κ2) is 9.50. The van der Waals surface area contributed by atoms with Crippen molar-refractivity contribution in [3.05, 3.63) is 22.5 Å². The maximum absolute atomic E-state index is 13.0. The zero-order chi connectivity index (χ0) is 24.8. The fourth-order valence-electron chi connectivity index (χ4n) is 3.42. The van der Waals surface area contributed by atoms with E-state index in [9.17, 15) is 37.2 Å². The number of thioether (sulfide) groups is 2. The molecule has 2 aliphatic heterocycles. The second-order valence-electron chi connectivity index (χ2n) is 7.38. The third kappa shape index (κ3) is 4.65. The normalized spacial score (nSPS) is 25.4. The Labute approximate surface area is 210 Å². The van der Waals surface area contributed by atoms with E-state index in [1.54, 1.807) is 17.5 Å². The molecule has 0 aliphatic carbocycles. The van der Waals surface area contributed by atoms with E-state index < -0.39 is 57.2 Å². The van der Waals surface area contributed by atoms with E-state index in [-0.39, 0.29) is 22.4 Å². The number of fused-ring (bicyclic) bond motifs is 1. The number of carbonyl (C=O) groups excluding carboxylic acids is 2. The molecule has 2 amide bonds. The van der Waals surface area contributed by atoms with Crippen molar-refractivity contribution in [1.82, 2.24) is 19.4 Å². The topological polar surface area (TPSA) is 127 Å². The van der Waals surface area contributed by atoms with Crippen LogP contribution in [0.4, 0.5) is 13.2 Å². The number of carbonyl (C=O) groups is 3. The van der Waals surface area contributed by atoms with Crippen LogP contribution in [0.2, 0.25) is 0 Å². The van der Waals surface area contributed by atoms with Crippen LogP contribution in [-0.4, -0.2) is 76.3 Å². The van der Waals surface area contributed by atoms with Gasteiger partial charge in [-0.05, 0) is 11.4 Å². The molecule has 0 radical (unpaired) electrons. The van der Waals surface area contributed by atoms with Crippen LogP contribution >= 0.6 is 46.2 Å². The number of alkyl halides is 3. The van der Waals surface area contributed by atoms with Crippen molar-refractivity contribution in [2.45, 2.75) is 33.1 Å². The Balaban J connectivity index is 1.48. The van der Waals surface area contributed by atoms with Crippen molar-refractivity contribution >= 4 is 75.3 Å². The molecule has 4 atom stereocenters. The molecule has 2 aliphatic rings. The molecular weight excluding hydrogens is 558 g/mol. The summed E-state index contributed by atoms with van der Waals surface area (Å²) in [6.07, 6.45) is -4.64. The zero-order valence-electron chi connectivity index (χ0n) is 17.1. The number of carboxylic acids is 1. The molecule has 4 rings (SSSR count). The van der Waals surface area contributed by atoms with Crippen LogP contribution in [0.15, 0.2) is 26.1 Å². The van der Waals surface area contributed by atoms with Crippen LogP contribution < -0.4 is 0 Å². The van der Waals surface area contributed by atoms with E-state index in [1.165, 1.54) is 23.2 Å². The fraction of sp³-hybridized carbons (Fsp3) is 0.471. The quantitative estimate of drug-likeness (QED) is 0.303. The van der Waals surface area contributed by atoms with Gasteiger partial charge in [-0.2, -0.15) is 13.2 Å². The Morgan fingerprint density at radius 2 is 2.18 bits per heavy atom. The predicted molar refractivity (Wildman–Crippen MR) is 121 cm³/mol.